The topological polar surface area (TPSA) is 91.5 Å². The molecule has 1 aliphatic rings. The zero-order valence-electron chi connectivity index (χ0n) is 13.3. The normalized spacial score (nSPS) is 15.8. The van der Waals surface area contributed by atoms with Crippen molar-refractivity contribution in [3.8, 4) is 0 Å². The van der Waals surface area contributed by atoms with Gasteiger partial charge < -0.3 is 15.0 Å². The number of aromatic amines is 1. The molecule has 2 heterocycles. The van der Waals surface area contributed by atoms with Gasteiger partial charge in [-0.3, -0.25) is 4.79 Å². The van der Waals surface area contributed by atoms with Crippen LogP contribution in [0.1, 0.15) is 10.5 Å². The van der Waals surface area contributed by atoms with Crippen LogP contribution < -0.4 is 5.32 Å². The molecule has 0 spiro atoms. The molecule has 1 fully saturated rings. The van der Waals surface area contributed by atoms with Crippen molar-refractivity contribution in [2.24, 2.45) is 0 Å². The molecule has 1 aromatic carbocycles. The first-order valence-corrected chi connectivity index (χ1v) is 8.95. The highest BCUT2D eigenvalue weighted by molar-refractivity contribution is 7.89. The molecule has 0 bridgehead atoms. The van der Waals surface area contributed by atoms with Gasteiger partial charge >= 0.3 is 0 Å². The molecule has 2 N–H and O–H groups in total. The number of carbonyl (C=O) groups is 1. The molecule has 0 unspecified atom stereocenters. The molecule has 1 saturated heterocycles. The van der Waals surface area contributed by atoms with Crippen molar-refractivity contribution >= 4 is 21.6 Å². The number of nitrogens with one attached hydrogen (secondary N) is 2. The van der Waals surface area contributed by atoms with Crippen molar-refractivity contribution < 1.29 is 31.1 Å². The van der Waals surface area contributed by atoms with E-state index in [1.165, 1.54) is 4.31 Å². The number of rotatable bonds is 4. The molecule has 1 amide bonds. The molecule has 1 aliphatic heterocycles. The quantitative estimate of drug-likeness (QED) is 0.779. The summed E-state index contributed by atoms with van der Waals surface area (Å²) in [5, 5.41) is 2.06. The van der Waals surface area contributed by atoms with Crippen molar-refractivity contribution in [3.63, 3.8) is 0 Å². The number of morpholine rings is 1. The predicted octanol–water partition coefficient (Wildman–Crippen LogP) is 1.71. The number of H-pyrrole nitrogens is 1. The largest absolute Gasteiger partial charge is 0.379 e. The molecule has 0 atom stereocenters. The summed E-state index contributed by atoms with van der Waals surface area (Å²) in [6, 6.07) is 1.88. The van der Waals surface area contributed by atoms with Gasteiger partial charge in [0.1, 0.15) is 16.4 Å². The highest BCUT2D eigenvalue weighted by Crippen LogP contribution is 2.21. The van der Waals surface area contributed by atoms with Crippen LogP contribution >= 0.6 is 0 Å². The van der Waals surface area contributed by atoms with E-state index in [1.807, 2.05) is 0 Å². The molecule has 0 saturated carbocycles. The number of halogens is 3. The molecule has 2 aromatic rings. The maximum absolute atomic E-state index is 13.6. The van der Waals surface area contributed by atoms with Gasteiger partial charge in [0.05, 0.1) is 18.9 Å². The summed E-state index contributed by atoms with van der Waals surface area (Å²) in [7, 11) is -3.81. The Kier molecular flexibility index (Phi) is 5.03. The van der Waals surface area contributed by atoms with Gasteiger partial charge in [-0.25, -0.2) is 21.6 Å². The number of hydrogen-bond acceptors (Lipinski definition) is 4. The lowest BCUT2D eigenvalue weighted by Gasteiger charge is -2.25. The zero-order chi connectivity index (χ0) is 18.9. The first-order valence-electron chi connectivity index (χ1n) is 7.51. The van der Waals surface area contributed by atoms with Crippen LogP contribution in [0.25, 0.3) is 0 Å². The Bertz CT molecular complexity index is 940. The summed E-state index contributed by atoms with van der Waals surface area (Å²) in [4.78, 5) is 14.5. The van der Waals surface area contributed by atoms with Crippen LogP contribution in [-0.2, 0) is 14.8 Å². The summed E-state index contributed by atoms with van der Waals surface area (Å²) in [5.74, 6) is -4.79. The maximum atomic E-state index is 13.6. The monoisotopic (exact) mass is 389 g/mol. The number of benzene rings is 1. The van der Waals surface area contributed by atoms with E-state index in [-0.39, 0.29) is 36.9 Å². The van der Waals surface area contributed by atoms with Crippen LogP contribution in [0, 0.1) is 17.5 Å². The van der Waals surface area contributed by atoms with Gasteiger partial charge in [-0.05, 0) is 6.07 Å². The fraction of sp³-hybridized carbons (Fsp3) is 0.267. The van der Waals surface area contributed by atoms with Gasteiger partial charge in [-0.1, -0.05) is 0 Å². The molecule has 7 nitrogen and oxygen atoms in total. The number of amides is 1. The van der Waals surface area contributed by atoms with E-state index >= 15 is 0 Å². The SMILES string of the molecule is O=C(Nc1cc(F)c(F)cc1F)c1cc(S(=O)(=O)N2CCOCC2)c[nH]1. The highest BCUT2D eigenvalue weighted by Gasteiger charge is 2.28. The van der Waals surface area contributed by atoms with Crippen molar-refractivity contribution in [2.75, 3.05) is 31.6 Å². The number of hydrogen-bond donors (Lipinski definition) is 2. The van der Waals surface area contributed by atoms with E-state index < -0.39 is 39.1 Å². The first-order chi connectivity index (χ1) is 12.3. The molecule has 11 heteroatoms. The minimum atomic E-state index is -3.81. The standard InChI is InChI=1S/C15H14F3N3O4S/c16-10-6-12(18)13(7-11(10)17)20-15(22)14-5-9(8-19-14)26(23,24)21-1-3-25-4-2-21/h5-8,19H,1-4H2,(H,20,22). The number of ether oxygens (including phenoxy) is 1. The Hall–Kier alpha value is -2.37. The van der Waals surface area contributed by atoms with E-state index in [0.717, 1.165) is 12.3 Å². The maximum Gasteiger partial charge on any atom is 0.272 e. The summed E-state index contributed by atoms with van der Waals surface area (Å²) >= 11 is 0. The van der Waals surface area contributed by atoms with Crippen LogP contribution in [0.2, 0.25) is 0 Å². The minimum Gasteiger partial charge on any atom is -0.379 e. The van der Waals surface area contributed by atoms with E-state index in [0.29, 0.717) is 12.1 Å². The van der Waals surface area contributed by atoms with Crippen molar-refractivity contribution in [1.82, 2.24) is 9.29 Å². The van der Waals surface area contributed by atoms with Crippen LogP contribution in [0.4, 0.5) is 18.9 Å². The Balaban J connectivity index is 1.79. The van der Waals surface area contributed by atoms with Crippen LogP contribution in [0.15, 0.2) is 29.3 Å². The lowest BCUT2D eigenvalue weighted by molar-refractivity contribution is 0.0730. The van der Waals surface area contributed by atoms with Crippen molar-refractivity contribution in [1.29, 1.82) is 0 Å². The summed E-state index contributed by atoms with van der Waals surface area (Å²) in [5.41, 5.74) is -0.748. The number of sulfonamides is 1. The number of aromatic nitrogens is 1. The average molecular weight is 389 g/mol. The van der Waals surface area contributed by atoms with E-state index in [1.54, 1.807) is 0 Å². The molecule has 0 aliphatic carbocycles. The Morgan fingerprint density at radius 3 is 2.42 bits per heavy atom. The number of nitrogens with zero attached hydrogens (tertiary/aromatic N) is 1. The Morgan fingerprint density at radius 1 is 1.08 bits per heavy atom. The van der Waals surface area contributed by atoms with Gasteiger partial charge in [0, 0.05) is 31.4 Å². The average Bonchev–Trinajstić information content (AvgIpc) is 3.11. The Labute approximate surface area is 146 Å². The van der Waals surface area contributed by atoms with Crippen LogP contribution in [0.3, 0.4) is 0 Å². The predicted molar refractivity (Wildman–Crippen MR) is 84.6 cm³/mol. The molecular weight excluding hydrogens is 375 g/mol. The smallest absolute Gasteiger partial charge is 0.272 e. The molecular formula is C15H14F3N3O4S. The zero-order valence-corrected chi connectivity index (χ0v) is 14.1. The molecule has 3 rings (SSSR count). The fourth-order valence-electron chi connectivity index (χ4n) is 2.40. The molecule has 26 heavy (non-hydrogen) atoms. The molecule has 1 aromatic heterocycles. The lowest BCUT2D eigenvalue weighted by Crippen LogP contribution is -2.40. The minimum absolute atomic E-state index is 0.143. The molecule has 0 radical (unpaired) electrons. The number of carbonyl (C=O) groups excluding carboxylic acids is 1. The number of anilines is 1. The van der Waals surface area contributed by atoms with E-state index in [4.69, 9.17) is 4.74 Å². The van der Waals surface area contributed by atoms with Gasteiger partial charge in [0.2, 0.25) is 10.0 Å². The van der Waals surface area contributed by atoms with E-state index in [2.05, 4.69) is 10.3 Å². The van der Waals surface area contributed by atoms with Gasteiger partial charge in [-0.15, -0.1) is 0 Å². The third kappa shape index (κ3) is 3.59. The second-order valence-electron chi connectivity index (χ2n) is 5.47. The highest BCUT2D eigenvalue weighted by atomic mass is 32.2. The fourth-order valence-corrected chi connectivity index (χ4v) is 3.80. The third-order valence-corrected chi connectivity index (χ3v) is 5.64. The summed E-state index contributed by atoms with van der Waals surface area (Å²) in [6.45, 7) is 0.920. The van der Waals surface area contributed by atoms with E-state index in [9.17, 15) is 26.4 Å². The summed E-state index contributed by atoms with van der Waals surface area (Å²) in [6.07, 6.45) is 1.13. The van der Waals surface area contributed by atoms with Crippen molar-refractivity contribution in [3.05, 3.63) is 47.5 Å². The second kappa shape index (κ2) is 7.09. The third-order valence-electron chi connectivity index (χ3n) is 3.77. The van der Waals surface area contributed by atoms with Gasteiger partial charge in [0.15, 0.2) is 11.6 Å². The van der Waals surface area contributed by atoms with Gasteiger partial charge in [-0.2, -0.15) is 4.31 Å². The second-order valence-corrected chi connectivity index (χ2v) is 7.40. The van der Waals surface area contributed by atoms with Crippen LogP contribution in [0.5, 0.6) is 0 Å². The summed E-state index contributed by atoms with van der Waals surface area (Å²) < 4.78 is 71.0. The van der Waals surface area contributed by atoms with Crippen LogP contribution in [-0.4, -0.2) is 49.9 Å². The first kappa shape index (κ1) is 18.4. The Morgan fingerprint density at radius 2 is 1.73 bits per heavy atom. The van der Waals surface area contributed by atoms with Crippen molar-refractivity contribution in [2.45, 2.75) is 4.90 Å². The van der Waals surface area contributed by atoms with Gasteiger partial charge in [0.25, 0.3) is 5.91 Å². The molecule has 140 valence electrons. The lowest BCUT2D eigenvalue weighted by atomic mass is 10.2.